The molecule has 3 saturated heterocycles. The summed E-state index contributed by atoms with van der Waals surface area (Å²) < 4.78 is 22.4. The van der Waals surface area contributed by atoms with E-state index in [0.29, 0.717) is 26.4 Å². The molecule has 1 N–H and O–H groups in total. The van der Waals surface area contributed by atoms with Crippen molar-refractivity contribution in [2.24, 2.45) is 5.92 Å². The molecule has 0 aromatic heterocycles. The molecule has 0 spiro atoms. The molecule has 1 aromatic rings. The molecule has 178 valence electrons. The van der Waals surface area contributed by atoms with E-state index in [4.69, 9.17) is 18.9 Å². The van der Waals surface area contributed by atoms with E-state index in [2.05, 4.69) is 15.1 Å². The Hall–Kier alpha value is -1.87. The predicted molar refractivity (Wildman–Crippen MR) is 121 cm³/mol. The van der Waals surface area contributed by atoms with Gasteiger partial charge in [0.2, 0.25) is 5.91 Å². The molecule has 1 aromatic carbocycles. The van der Waals surface area contributed by atoms with Crippen molar-refractivity contribution in [3.8, 4) is 11.5 Å². The maximum Gasteiger partial charge on any atom is 0.223 e. The van der Waals surface area contributed by atoms with Gasteiger partial charge in [0.15, 0.2) is 0 Å². The summed E-state index contributed by atoms with van der Waals surface area (Å²) in [7, 11) is 3.41. The molecular formula is C24H37N3O5. The van der Waals surface area contributed by atoms with Crippen LogP contribution in [0.2, 0.25) is 0 Å². The van der Waals surface area contributed by atoms with Crippen LogP contribution in [-0.4, -0.2) is 94.6 Å². The number of nitrogens with one attached hydrogen (secondary N) is 1. The summed E-state index contributed by atoms with van der Waals surface area (Å²) in [5, 5.41) is 3.25. The van der Waals surface area contributed by atoms with Crippen molar-refractivity contribution < 1.29 is 23.7 Å². The highest BCUT2D eigenvalue weighted by Crippen LogP contribution is 2.31. The Balaban J connectivity index is 1.34. The van der Waals surface area contributed by atoms with Gasteiger partial charge in [-0.15, -0.1) is 0 Å². The first-order valence-corrected chi connectivity index (χ1v) is 11.8. The molecule has 4 rings (SSSR count). The highest BCUT2D eigenvalue weighted by molar-refractivity contribution is 5.78. The number of carbonyl (C=O) groups excluding carboxylic acids is 1. The summed E-state index contributed by atoms with van der Waals surface area (Å²) in [6.45, 7) is 8.08. The molecule has 8 heteroatoms. The van der Waals surface area contributed by atoms with E-state index in [-0.39, 0.29) is 17.4 Å². The van der Waals surface area contributed by atoms with Crippen molar-refractivity contribution in [1.29, 1.82) is 0 Å². The molecule has 1 atom stereocenters. The normalized spacial score (nSPS) is 25.6. The number of nitrogens with zero attached hydrogens (tertiary/aromatic N) is 2. The molecule has 0 saturated carbocycles. The van der Waals surface area contributed by atoms with Gasteiger partial charge >= 0.3 is 0 Å². The lowest BCUT2D eigenvalue weighted by atomic mass is 9.93. The molecule has 3 aliphatic heterocycles. The lowest BCUT2D eigenvalue weighted by Gasteiger charge is -2.45. The average Bonchev–Trinajstić information content (AvgIpc) is 3.34. The molecule has 1 amide bonds. The van der Waals surface area contributed by atoms with Crippen LogP contribution in [0.1, 0.15) is 24.8 Å². The van der Waals surface area contributed by atoms with Gasteiger partial charge in [-0.3, -0.25) is 14.6 Å². The van der Waals surface area contributed by atoms with E-state index in [1.807, 2.05) is 18.2 Å². The Morgan fingerprint density at radius 2 is 1.75 bits per heavy atom. The fraction of sp³-hybridized carbons (Fsp3) is 0.708. The first kappa shape index (κ1) is 23.3. The zero-order valence-electron chi connectivity index (χ0n) is 19.4. The van der Waals surface area contributed by atoms with Crippen LogP contribution in [-0.2, 0) is 20.8 Å². The minimum Gasteiger partial charge on any atom is -0.496 e. The quantitative estimate of drug-likeness (QED) is 0.648. The molecule has 3 fully saturated rings. The zero-order chi connectivity index (χ0) is 22.4. The molecule has 8 nitrogen and oxygen atoms in total. The van der Waals surface area contributed by atoms with Gasteiger partial charge in [0.25, 0.3) is 0 Å². The summed E-state index contributed by atoms with van der Waals surface area (Å²) >= 11 is 0. The minimum atomic E-state index is -0.102. The highest BCUT2D eigenvalue weighted by atomic mass is 16.5. The van der Waals surface area contributed by atoms with Crippen molar-refractivity contribution >= 4 is 5.91 Å². The third kappa shape index (κ3) is 5.20. The standard InChI is InChI=1S/C24H37N3O5/c1-29-21-4-3-5-22(30-2)20(21)16-26-9-11-27(12-10-26)24(8-15-32-18-24)17-25-23(28)19-6-13-31-14-7-19/h3-5,19H,6-18H2,1-2H3,(H,25,28). The number of benzene rings is 1. The SMILES string of the molecule is COc1cccc(OC)c1CN1CCN(C2(CNC(=O)C3CCOCC3)CCOC2)CC1. The molecule has 3 aliphatic rings. The van der Waals surface area contributed by atoms with E-state index in [0.717, 1.165) is 75.7 Å². The maximum absolute atomic E-state index is 12.7. The Kier molecular flexibility index (Phi) is 7.88. The molecule has 0 radical (unpaired) electrons. The largest absolute Gasteiger partial charge is 0.496 e. The first-order chi connectivity index (χ1) is 15.6. The first-order valence-electron chi connectivity index (χ1n) is 11.8. The number of amides is 1. The number of hydrogen-bond acceptors (Lipinski definition) is 7. The van der Waals surface area contributed by atoms with Crippen LogP contribution < -0.4 is 14.8 Å². The van der Waals surface area contributed by atoms with Gasteiger partial charge in [-0.2, -0.15) is 0 Å². The Labute approximate surface area is 191 Å². The third-order valence-electron chi connectivity index (χ3n) is 7.22. The third-order valence-corrected chi connectivity index (χ3v) is 7.22. The van der Waals surface area contributed by atoms with Crippen molar-refractivity contribution in [1.82, 2.24) is 15.1 Å². The summed E-state index contributed by atoms with van der Waals surface area (Å²) in [5.74, 6) is 1.98. The van der Waals surface area contributed by atoms with Crippen LogP contribution in [0.15, 0.2) is 18.2 Å². The van der Waals surface area contributed by atoms with Crippen LogP contribution >= 0.6 is 0 Å². The van der Waals surface area contributed by atoms with Crippen LogP contribution in [0.25, 0.3) is 0 Å². The molecule has 0 bridgehead atoms. The second kappa shape index (κ2) is 10.8. The summed E-state index contributed by atoms with van der Waals surface area (Å²) in [6.07, 6.45) is 2.60. The fourth-order valence-corrected chi connectivity index (χ4v) is 5.14. The fourth-order valence-electron chi connectivity index (χ4n) is 5.14. The topological polar surface area (TPSA) is 72.5 Å². The van der Waals surface area contributed by atoms with E-state index in [9.17, 15) is 4.79 Å². The molecular weight excluding hydrogens is 410 g/mol. The van der Waals surface area contributed by atoms with Crippen molar-refractivity contribution in [3.63, 3.8) is 0 Å². The number of methoxy groups -OCH3 is 2. The van der Waals surface area contributed by atoms with Gasteiger partial charge < -0.3 is 24.3 Å². The van der Waals surface area contributed by atoms with E-state index in [1.54, 1.807) is 14.2 Å². The minimum absolute atomic E-state index is 0.0794. The second-order valence-corrected chi connectivity index (χ2v) is 9.04. The summed E-state index contributed by atoms with van der Waals surface area (Å²) in [6, 6.07) is 5.93. The van der Waals surface area contributed by atoms with E-state index in [1.165, 1.54) is 0 Å². The van der Waals surface area contributed by atoms with Gasteiger partial charge in [0, 0.05) is 65.0 Å². The van der Waals surface area contributed by atoms with E-state index >= 15 is 0 Å². The van der Waals surface area contributed by atoms with Gasteiger partial charge in [-0.25, -0.2) is 0 Å². The van der Waals surface area contributed by atoms with Crippen molar-refractivity contribution in [3.05, 3.63) is 23.8 Å². The zero-order valence-corrected chi connectivity index (χ0v) is 19.4. The van der Waals surface area contributed by atoms with Crippen LogP contribution in [0.4, 0.5) is 0 Å². The monoisotopic (exact) mass is 447 g/mol. The van der Waals surface area contributed by atoms with Crippen molar-refractivity contribution in [2.75, 3.05) is 73.4 Å². The Morgan fingerprint density at radius 3 is 2.34 bits per heavy atom. The van der Waals surface area contributed by atoms with Crippen LogP contribution in [0, 0.1) is 5.92 Å². The molecule has 3 heterocycles. The second-order valence-electron chi connectivity index (χ2n) is 9.04. The lowest BCUT2D eigenvalue weighted by Crippen LogP contribution is -2.62. The number of carbonyl (C=O) groups is 1. The molecule has 1 unspecified atom stereocenters. The van der Waals surface area contributed by atoms with Gasteiger partial charge in [0.1, 0.15) is 11.5 Å². The Morgan fingerprint density at radius 1 is 1.06 bits per heavy atom. The summed E-state index contributed by atoms with van der Waals surface area (Å²) in [4.78, 5) is 17.7. The molecule has 0 aliphatic carbocycles. The van der Waals surface area contributed by atoms with Crippen LogP contribution in [0.5, 0.6) is 11.5 Å². The number of hydrogen-bond donors (Lipinski definition) is 1. The van der Waals surface area contributed by atoms with Crippen LogP contribution in [0.3, 0.4) is 0 Å². The smallest absolute Gasteiger partial charge is 0.223 e. The summed E-state index contributed by atoms with van der Waals surface area (Å²) in [5.41, 5.74) is 0.989. The highest BCUT2D eigenvalue weighted by Gasteiger charge is 2.42. The Bertz CT molecular complexity index is 732. The van der Waals surface area contributed by atoms with Gasteiger partial charge in [0.05, 0.1) is 31.9 Å². The number of ether oxygens (including phenoxy) is 4. The number of rotatable bonds is 8. The van der Waals surface area contributed by atoms with Gasteiger partial charge in [-0.05, 0) is 31.4 Å². The predicted octanol–water partition coefficient (Wildman–Crippen LogP) is 1.52. The van der Waals surface area contributed by atoms with Gasteiger partial charge in [-0.1, -0.05) is 6.07 Å². The molecule has 32 heavy (non-hydrogen) atoms. The average molecular weight is 448 g/mol. The van der Waals surface area contributed by atoms with E-state index < -0.39 is 0 Å². The van der Waals surface area contributed by atoms with Crippen molar-refractivity contribution in [2.45, 2.75) is 31.3 Å². The lowest BCUT2D eigenvalue weighted by molar-refractivity contribution is -0.128. The maximum atomic E-state index is 12.7. The number of piperazine rings is 1.